The third kappa shape index (κ3) is 2.38. The van der Waals surface area contributed by atoms with Gasteiger partial charge in [-0.05, 0) is 42.1 Å². The monoisotopic (exact) mass is 267 g/mol. The standard InChI is InChI=1S/C13H15ClFN3/c1-4-11-16-17-13(14)18(11)7-10-5-8(2)12(15)9(3)6-10/h5-6H,4,7H2,1-3H3. The first-order valence-corrected chi connectivity index (χ1v) is 6.24. The average Bonchev–Trinajstić information content (AvgIpc) is 2.67. The van der Waals surface area contributed by atoms with Crippen LogP contribution in [0.3, 0.4) is 0 Å². The highest BCUT2D eigenvalue weighted by Crippen LogP contribution is 2.18. The van der Waals surface area contributed by atoms with Crippen LogP contribution < -0.4 is 0 Å². The summed E-state index contributed by atoms with van der Waals surface area (Å²) in [5.74, 6) is 0.684. The number of hydrogen-bond donors (Lipinski definition) is 0. The van der Waals surface area contributed by atoms with Crippen molar-refractivity contribution in [2.45, 2.75) is 33.7 Å². The van der Waals surface area contributed by atoms with Crippen LogP contribution in [0.25, 0.3) is 0 Å². The van der Waals surface area contributed by atoms with Crippen molar-refractivity contribution in [1.29, 1.82) is 0 Å². The van der Waals surface area contributed by atoms with Gasteiger partial charge in [0.2, 0.25) is 5.28 Å². The molecule has 0 unspecified atom stereocenters. The Bertz CT molecular complexity index is 555. The van der Waals surface area contributed by atoms with Crippen LogP contribution >= 0.6 is 11.6 Å². The maximum atomic E-state index is 13.6. The smallest absolute Gasteiger partial charge is 0.225 e. The van der Waals surface area contributed by atoms with Crippen molar-refractivity contribution >= 4 is 11.6 Å². The van der Waals surface area contributed by atoms with E-state index in [1.54, 1.807) is 13.8 Å². The Morgan fingerprint density at radius 3 is 2.39 bits per heavy atom. The van der Waals surface area contributed by atoms with Gasteiger partial charge in [0.05, 0.1) is 6.54 Å². The molecular weight excluding hydrogens is 253 g/mol. The molecule has 0 N–H and O–H groups in total. The summed E-state index contributed by atoms with van der Waals surface area (Å²) in [5.41, 5.74) is 2.29. The van der Waals surface area contributed by atoms with Gasteiger partial charge < -0.3 is 0 Å². The number of rotatable bonds is 3. The van der Waals surface area contributed by atoms with Crippen molar-refractivity contribution in [3.05, 3.63) is 45.7 Å². The Labute approximate surface area is 111 Å². The van der Waals surface area contributed by atoms with Crippen LogP contribution in [-0.2, 0) is 13.0 Å². The topological polar surface area (TPSA) is 30.7 Å². The average molecular weight is 268 g/mol. The van der Waals surface area contributed by atoms with Gasteiger partial charge >= 0.3 is 0 Å². The molecule has 0 spiro atoms. The molecule has 2 rings (SSSR count). The number of halogens is 2. The van der Waals surface area contributed by atoms with Crippen molar-refractivity contribution in [2.24, 2.45) is 0 Å². The molecule has 0 aliphatic rings. The summed E-state index contributed by atoms with van der Waals surface area (Å²) in [6.07, 6.45) is 0.763. The first-order valence-electron chi connectivity index (χ1n) is 5.86. The largest absolute Gasteiger partial charge is 0.297 e. The van der Waals surface area contributed by atoms with Gasteiger partial charge in [-0.2, -0.15) is 0 Å². The summed E-state index contributed by atoms with van der Waals surface area (Å²) in [6, 6.07) is 3.66. The van der Waals surface area contributed by atoms with Crippen LogP contribution in [0.1, 0.15) is 29.4 Å². The molecular formula is C13H15ClFN3. The Morgan fingerprint density at radius 2 is 1.83 bits per heavy atom. The van der Waals surface area contributed by atoms with E-state index in [0.717, 1.165) is 17.8 Å². The number of benzene rings is 1. The number of nitrogens with zero attached hydrogens (tertiary/aromatic N) is 3. The lowest BCUT2D eigenvalue weighted by atomic mass is 10.1. The van der Waals surface area contributed by atoms with Crippen molar-refractivity contribution < 1.29 is 4.39 Å². The SMILES string of the molecule is CCc1nnc(Cl)n1Cc1cc(C)c(F)c(C)c1. The van der Waals surface area contributed by atoms with Gasteiger partial charge in [0, 0.05) is 6.42 Å². The summed E-state index contributed by atoms with van der Waals surface area (Å²) in [6.45, 7) is 6.09. The van der Waals surface area contributed by atoms with Crippen LogP contribution in [0.4, 0.5) is 4.39 Å². The van der Waals surface area contributed by atoms with Crippen LogP contribution in [0.5, 0.6) is 0 Å². The molecule has 2 aromatic rings. The fraction of sp³-hybridized carbons (Fsp3) is 0.385. The molecule has 96 valence electrons. The number of aromatic nitrogens is 3. The van der Waals surface area contributed by atoms with E-state index in [0.29, 0.717) is 23.0 Å². The van der Waals surface area contributed by atoms with Gasteiger partial charge in [-0.25, -0.2) is 4.39 Å². The number of aryl methyl sites for hydroxylation is 3. The lowest BCUT2D eigenvalue weighted by Crippen LogP contribution is -2.06. The van der Waals surface area contributed by atoms with Gasteiger partial charge in [0.15, 0.2) is 0 Å². The van der Waals surface area contributed by atoms with Crippen LogP contribution in [-0.4, -0.2) is 14.8 Å². The molecule has 0 saturated carbocycles. The van der Waals surface area contributed by atoms with Gasteiger partial charge in [-0.1, -0.05) is 19.1 Å². The Kier molecular flexibility index (Phi) is 3.66. The molecule has 0 aliphatic carbocycles. The normalized spacial score (nSPS) is 10.9. The molecule has 5 heteroatoms. The minimum Gasteiger partial charge on any atom is -0.297 e. The second-order valence-corrected chi connectivity index (χ2v) is 4.71. The summed E-state index contributed by atoms with van der Waals surface area (Å²) in [7, 11) is 0. The van der Waals surface area contributed by atoms with E-state index in [4.69, 9.17) is 11.6 Å². The van der Waals surface area contributed by atoms with Gasteiger partial charge in [-0.15, -0.1) is 10.2 Å². The quantitative estimate of drug-likeness (QED) is 0.854. The molecule has 1 heterocycles. The summed E-state index contributed by atoms with van der Waals surface area (Å²) in [5, 5.41) is 8.22. The third-order valence-electron chi connectivity index (χ3n) is 2.94. The molecule has 0 radical (unpaired) electrons. The molecule has 3 nitrogen and oxygen atoms in total. The highest BCUT2D eigenvalue weighted by atomic mass is 35.5. The first kappa shape index (κ1) is 13.0. The lowest BCUT2D eigenvalue weighted by molar-refractivity contribution is 0.607. The highest BCUT2D eigenvalue weighted by molar-refractivity contribution is 6.28. The maximum Gasteiger partial charge on any atom is 0.225 e. The Balaban J connectivity index is 2.37. The molecule has 18 heavy (non-hydrogen) atoms. The predicted octanol–water partition coefficient (Wildman–Crippen LogP) is 3.30. The fourth-order valence-electron chi connectivity index (χ4n) is 2.04. The zero-order chi connectivity index (χ0) is 13.3. The van der Waals surface area contributed by atoms with E-state index in [-0.39, 0.29) is 5.82 Å². The van der Waals surface area contributed by atoms with Gasteiger partial charge in [0.1, 0.15) is 11.6 Å². The zero-order valence-electron chi connectivity index (χ0n) is 10.7. The molecule has 0 amide bonds. The van der Waals surface area contributed by atoms with E-state index in [2.05, 4.69) is 10.2 Å². The molecule has 1 aromatic heterocycles. The van der Waals surface area contributed by atoms with Crippen LogP contribution in [0.15, 0.2) is 12.1 Å². The minimum absolute atomic E-state index is 0.149. The summed E-state index contributed by atoms with van der Waals surface area (Å²) < 4.78 is 15.4. The molecule has 0 fully saturated rings. The minimum atomic E-state index is -0.149. The molecule has 0 atom stereocenters. The van der Waals surface area contributed by atoms with Crippen molar-refractivity contribution in [2.75, 3.05) is 0 Å². The van der Waals surface area contributed by atoms with Gasteiger partial charge in [0.25, 0.3) is 0 Å². The van der Waals surface area contributed by atoms with E-state index < -0.39 is 0 Å². The molecule has 1 aromatic carbocycles. The second-order valence-electron chi connectivity index (χ2n) is 4.37. The summed E-state index contributed by atoms with van der Waals surface area (Å²) in [4.78, 5) is 0. The highest BCUT2D eigenvalue weighted by Gasteiger charge is 2.11. The lowest BCUT2D eigenvalue weighted by Gasteiger charge is -2.09. The number of hydrogen-bond acceptors (Lipinski definition) is 2. The van der Waals surface area contributed by atoms with E-state index in [9.17, 15) is 4.39 Å². The fourth-order valence-corrected chi connectivity index (χ4v) is 2.24. The summed E-state index contributed by atoms with van der Waals surface area (Å²) >= 11 is 6.00. The second kappa shape index (κ2) is 5.06. The predicted molar refractivity (Wildman–Crippen MR) is 69.4 cm³/mol. The Hall–Kier alpha value is -1.42. The molecule has 0 aliphatic heterocycles. The van der Waals surface area contributed by atoms with Gasteiger partial charge in [-0.3, -0.25) is 4.57 Å². The van der Waals surface area contributed by atoms with Crippen molar-refractivity contribution in [1.82, 2.24) is 14.8 Å². The molecule has 0 bridgehead atoms. The van der Waals surface area contributed by atoms with Crippen molar-refractivity contribution in [3.63, 3.8) is 0 Å². The van der Waals surface area contributed by atoms with E-state index >= 15 is 0 Å². The van der Waals surface area contributed by atoms with Crippen LogP contribution in [0.2, 0.25) is 5.28 Å². The third-order valence-corrected chi connectivity index (χ3v) is 3.22. The Morgan fingerprint density at radius 1 is 1.22 bits per heavy atom. The van der Waals surface area contributed by atoms with E-state index in [1.807, 2.05) is 23.6 Å². The first-order chi connectivity index (χ1) is 8.52. The molecule has 0 saturated heterocycles. The van der Waals surface area contributed by atoms with Crippen molar-refractivity contribution in [3.8, 4) is 0 Å². The van der Waals surface area contributed by atoms with E-state index in [1.165, 1.54) is 0 Å². The van der Waals surface area contributed by atoms with Crippen LogP contribution in [0, 0.1) is 19.7 Å². The zero-order valence-corrected chi connectivity index (χ0v) is 11.4. The maximum absolute atomic E-state index is 13.6.